The van der Waals surface area contributed by atoms with Crippen molar-refractivity contribution in [1.29, 1.82) is 0 Å². The van der Waals surface area contributed by atoms with Gasteiger partial charge in [0.15, 0.2) is 0 Å². The first-order valence-corrected chi connectivity index (χ1v) is 13.3. The standard InChI is InChI=1S/C28H44BNO3/c1-6-7-9-14-23(30)24(31)15-19(2)22(16-20-12-10-8-11-13-20)29-32-26-18-21-17-25(27(21,3)4)28(26,5)33-29/h8,10-13,19,21-23,25-26H,6-7,9,14-18,30H2,1-5H3/t19-,21?,22+,23-,25?,26?,28+/m0/s1. The number of nitrogens with two attached hydrogens (primary N) is 1. The highest BCUT2D eigenvalue weighted by Crippen LogP contribution is 2.66. The molecular formula is C28H44BNO3. The smallest absolute Gasteiger partial charge is 0.405 e. The summed E-state index contributed by atoms with van der Waals surface area (Å²) in [4.78, 5) is 13.0. The molecule has 5 rings (SSSR count). The van der Waals surface area contributed by atoms with E-state index in [9.17, 15) is 4.79 Å². The van der Waals surface area contributed by atoms with Crippen molar-refractivity contribution in [1.82, 2.24) is 0 Å². The topological polar surface area (TPSA) is 61.6 Å². The molecule has 0 aromatic heterocycles. The molecule has 7 atom stereocenters. The van der Waals surface area contributed by atoms with Gasteiger partial charge >= 0.3 is 7.12 Å². The van der Waals surface area contributed by atoms with Crippen LogP contribution in [0.4, 0.5) is 0 Å². The average Bonchev–Trinajstić information content (AvgIpc) is 3.14. The first-order valence-electron chi connectivity index (χ1n) is 13.3. The Bertz CT molecular complexity index is 815. The zero-order valence-electron chi connectivity index (χ0n) is 21.4. The molecule has 1 aromatic rings. The van der Waals surface area contributed by atoms with Crippen LogP contribution in [0.1, 0.15) is 85.1 Å². The largest absolute Gasteiger partial charge is 0.461 e. The van der Waals surface area contributed by atoms with E-state index in [1.807, 2.05) is 6.07 Å². The van der Waals surface area contributed by atoms with E-state index in [-0.39, 0.29) is 42.4 Å². The Kier molecular flexibility index (Phi) is 7.43. The van der Waals surface area contributed by atoms with Crippen molar-refractivity contribution >= 4 is 12.9 Å². The van der Waals surface area contributed by atoms with E-state index >= 15 is 0 Å². The zero-order chi connectivity index (χ0) is 23.8. The number of ketones is 1. The molecule has 1 aliphatic heterocycles. The number of carbonyl (C=O) groups is 1. The third kappa shape index (κ3) is 4.83. The van der Waals surface area contributed by atoms with Gasteiger partial charge in [0.1, 0.15) is 5.78 Å². The minimum Gasteiger partial charge on any atom is -0.405 e. The van der Waals surface area contributed by atoms with Crippen LogP contribution in [-0.4, -0.2) is 30.6 Å². The van der Waals surface area contributed by atoms with Crippen molar-refractivity contribution in [2.45, 2.75) is 110 Å². The molecule has 3 aliphatic carbocycles. The fourth-order valence-electron chi connectivity index (χ4n) is 6.93. The molecule has 0 radical (unpaired) electrons. The van der Waals surface area contributed by atoms with Crippen molar-refractivity contribution in [3.63, 3.8) is 0 Å². The van der Waals surface area contributed by atoms with Crippen LogP contribution in [0.25, 0.3) is 0 Å². The lowest BCUT2D eigenvalue weighted by molar-refractivity contribution is -0.199. The molecule has 0 amide bonds. The predicted molar refractivity (Wildman–Crippen MR) is 135 cm³/mol. The summed E-state index contributed by atoms with van der Waals surface area (Å²) in [7, 11) is -0.269. The third-order valence-corrected chi connectivity index (χ3v) is 9.42. The van der Waals surface area contributed by atoms with Crippen LogP contribution in [0.2, 0.25) is 5.82 Å². The molecular weight excluding hydrogens is 409 g/mol. The maximum atomic E-state index is 13.0. The maximum Gasteiger partial charge on any atom is 0.461 e. The summed E-state index contributed by atoms with van der Waals surface area (Å²) in [6, 6.07) is 10.2. The van der Waals surface area contributed by atoms with Crippen molar-refractivity contribution in [3.05, 3.63) is 35.9 Å². The number of Topliss-reactive ketones (excluding diaryl/α,β-unsaturated/α-hetero) is 1. The maximum absolute atomic E-state index is 13.0. The molecule has 2 N–H and O–H groups in total. The summed E-state index contributed by atoms with van der Waals surface area (Å²) < 4.78 is 13.5. The molecule has 4 aliphatic rings. The summed E-state index contributed by atoms with van der Waals surface area (Å²) >= 11 is 0. The Morgan fingerprint density at radius 2 is 1.91 bits per heavy atom. The van der Waals surface area contributed by atoms with Gasteiger partial charge in [-0.15, -0.1) is 0 Å². The molecule has 1 heterocycles. The fraction of sp³-hybridized carbons (Fsp3) is 0.750. The van der Waals surface area contributed by atoms with Crippen LogP contribution in [0.5, 0.6) is 0 Å². The van der Waals surface area contributed by atoms with E-state index < -0.39 is 0 Å². The van der Waals surface area contributed by atoms with Crippen LogP contribution in [0.15, 0.2) is 30.3 Å². The van der Waals surface area contributed by atoms with Crippen molar-refractivity contribution in [3.8, 4) is 0 Å². The van der Waals surface area contributed by atoms with E-state index in [4.69, 9.17) is 15.0 Å². The molecule has 4 nitrogen and oxygen atoms in total. The first kappa shape index (κ1) is 24.9. The van der Waals surface area contributed by atoms with Gasteiger partial charge in [-0.3, -0.25) is 4.79 Å². The van der Waals surface area contributed by atoms with Crippen LogP contribution < -0.4 is 5.73 Å². The van der Waals surface area contributed by atoms with Crippen molar-refractivity contribution in [2.24, 2.45) is 28.9 Å². The van der Waals surface area contributed by atoms with Gasteiger partial charge in [-0.2, -0.15) is 0 Å². The van der Waals surface area contributed by atoms with E-state index in [1.165, 1.54) is 12.0 Å². The Balaban J connectivity index is 1.48. The fourth-order valence-corrected chi connectivity index (χ4v) is 6.93. The van der Waals surface area contributed by atoms with Gasteiger partial charge in [0.05, 0.1) is 17.7 Å². The quantitative estimate of drug-likeness (QED) is 0.338. The summed E-state index contributed by atoms with van der Waals surface area (Å²) in [6.07, 6.45) is 7.94. The highest BCUT2D eigenvalue weighted by molar-refractivity contribution is 6.47. The third-order valence-electron chi connectivity index (χ3n) is 9.42. The molecule has 2 bridgehead atoms. The molecule has 1 saturated heterocycles. The minimum atomic E-state index is -0.352. The lowest BCUT2D eigenvalue weighted by Gasteiger charge is -2.64. The van der Waals surface area contributed by atoms with E-state index in [1.54, 1.807) is 0 Å². The predicted octanol–water partition coefficient (Wildman–Crippen LogP) is 5.83. The Morgan fingerprint density at radius 3 is 2.58 bits per heavy atom. The average molecular weight is 453 g/mol. The monoisotopic (exact) mass is 453 g/mol. The second kappa shape index (κ2) is 9.83. The SMILES string of the molecule is CCCCC[C@H](N)C(=O)C[C@H](C)[C@@H](Cc1ccccc1)B1OC2CC3CC(C3(C)C)[C@@]2(C)O1. The molecule has 4 fully saturated rings. The van der Waals surface area contributed by atoms with Gasteiger partial charge in [-0.05, 0) is 61.3 Å². The normalized spacial score (nSPS) is 32.5. The molecule has 0 spiro atoms. The molecule has 33 heavy (non-hydrogen) atoms. The van der Waals surface area contributed by atoms with E-state index in [0.717, 1.165) is 44.4 Å². The van der Waals surface area contributed by atoms with Gasteiger partial charge in [0, 0.05) is 12.2 Å². The first-order chi connectivity index (χ1) is 15.7. The Hall–Kier alpha value is -1.17. The number of unbranched alkanes of at least 4 members (excludes halogenated alkanes) is 2. The van der Waals surface area contributed by atoms with Gasteiger partial charge < -0.3 is 15.0 Å². The number of carbonyl (C=O) groups excluding carboxylic acids is 1. The van der Waals surface area contributed by atoms with Crippen LogP contribution in [0, 0.1) is 23.2 Å². The number of hydrogen-bond donors (Lipinski definition) is 1. The van der Waals surface area contributed by atoms with E-state index in [2.05, 4.69) is 58.9 Å². The summed E-state index contributed by atoms with van der Waals surface area (Å²) in [6.45, 7) is 11.4. The number of hydrogen-bond acceptors (Lipinski definition) is 4. The number of rotatable bonds is 11. The second-order valence-corrected chi connectivity index (χ2v) is 11.9. The zero-order valence-corrected chi connectivity index (χ0v) is 21.4. The van der Waals surface area contributed by atoms with Crippen LogP contribution >= 0.6 is 0 Å². The molecule has 1 aromatic carbocycles. The molecule has 182 valence electrons. The lowest BCUT2D eigenvalue weighted by Crippen LogP contribution is -2.65. The molecule has 3 saturated carbocycles. The summed E-state index contributed by atoms with van der Waals surface area (Å²) in [5.41, 5.74) is 7.64. The van der Waals surface area contributed by atoms with E-state index in [0.29, 0.717) is 17.8 Å². The van der Waals surface area contributed by atoms with Gasteiger partial charge in [0.2, 0.25) is 0 Å². The van der Waals surface area contributed by atoms with Gasteiger partial charge in [-0.1, -0.05) is 77.3 Å². The second-order valence-electron chi connectivity index (χ2n) is 11.9. The van der Waals surface area contributed by atoms with Gasteiger partial charge in [0.25, 0.3) is 0 Å². The van der Waals surface area contributed by atoms with Crippen molar-refractivity contribution in [2.75, 3.05) is 0 Å². The molecule has 5 heteroatoms. The lowest BCUT2D eigenvalue weighted by atomic mass is 9.43. The summed E-state index contributed by atoms with van der Waals surface area (Å²) in [5.74, 6) is 1.73. The van der Waals surface area contributed by atoms with Gasteiger partial charge in [-0.25, -0.2) is 0 Å². The molecule has 3 unspecified atom stereocenters. The highest BCUT2D eigenvalue weighted by atomic mass is 16.7. The Morgan fingerprint density at radius 1 is 1.18 bits per heavy atom. The van der Waals surface area contributed by atoms with Crippen LogP contribution in [0.3, 0.4) is 0 Å². The van der Waals surface area contributed by atoms with Crippen LogP contribution in [-0.2, 0) is 20.5 Å². The minimum absolute atomic E-state index is 0.127. The highest BCUT2D eigenvalue weighted by Gasteiger charge is 2.68. The summed E-state index contributed by atoms with van der Waals surface area (Å²) in [5, 5.41) is 0. The number of benzene rings is 1. The van der Waals surface area contributed by atoms with Crippen molar-refractivity contribution < 1.29 is 14.1 Å². The Labute approximate surface area is 201 Å².